The van der Waals surface area contributed by atoms with Crippen LogP contribution in [0.4, 0.5) is 0 Å². The van der Waals surface area contributed by atoms with E-state index in [2.05, 4.69) is 34.2 Å². The van der Waals surface area contributed by atoms with Crippen molar-refractivity contribution in [3.63, 3.8) is 0 Å². The molecule has 1 aromatic heterocycles. The third kappa shape index (κ3) is 4.71. The average molecular weight is 322 g/mol. The van der Waals surface area contributed by atoms with Crippen LogP contribution in [0.5, 0.6) is 0 Å². The van der Waals surface area contributed by atoms with Crippen LogP contribution in [0.2, 0.25) is 0 Å². The van der Waals surface area contributed by atoms with Crippen LogP contribution in [0.1, 0.15) is 16.9 Å². The molecule has 4 rings (SSSR count). The molecule has 0 unspecified atom stereocenters. The zero-order valence-electron chi connectivity index (χ0n) is 13.9. The first-order chi connectivity index (χ1) is 12.3. The topological polar surface area (TPSA) is 28.7 Å². The number of aromatic nitrogens is 2. The monoisotopic (exact) mass is 322 g/mol. The Morgan fingerprint density at radius 3 is 1.60 bits per heavy atom. The maximum Gasteiger partial charge on any atom is 0.137 e. The number of rotatable bonds is 3. The molecule has 0 aliphatic heterocycles. The molecule has 0 fully saturated rings. The molecule has 0 saturated carbocycles. The lowest BCUT2D eigenvalue weighted by molar-refractivity contribution is 1.14. The first-order valence-corrected chi connectivity index (χ1v) is 8.25. The van der Waals surface area contributed by atoms with Crippen molar-refractivity contribution in [3.05, 3.63) is 115 Å². The summed E-state index contributed by atoms with van der Waals surface area (Å²) in [6.07, 6.45) is 3.57. The van der Waals surface area contributed by atoms with Crippen molar-refractivity contribution in [3.8, 4) is 11.4 Å². The van der Waals surface area contributed by atoms with Crippen LogP contribution < -0.4 is 0 Å². The van der Waals surface area contributed by atoms with Gasteiger partial charge in [0.15, 0.2) is 0 Å². The molecule has 120 valence electrons. The fourth-order valence-electron chi connectivity index (χ4n) is 2.53. The second kappa shape index (κ2) is 8.69. The molecule has 1 heterocycles. The molecule has 2 nitrogen and oxygen atoms in total. The van der Waals surface area contributed by atoms with Gasteiger partial charge in [-0.1, -0.05) is 91.0 Å². The van der Waals surface area contributed by atoms with Crippen molar-refractivity contribution in [1.29, 1.82) is 0 Å². The van der Waals surface area contributed by atoms with Gasteiger partial charge in [0.1, 0.15) is 5.82 Å². The molecule has 1 N–H and O–H groups in total. The molecule has 0 aliphatic carbocycles. The first kappa shape index (κ1) is 16.8. The molecule has 3 heteroatoms. The largest absolute Gasteiger partial charge is 0.345 e. The predicted octanol–water partition coefficient (Wildman–Crippen LogP) is 5.02. The van der Waals surface area contributed by atoms with E-state index in [0.717, 1.165) is 22.5 Å². The molecule has 0 saturated heterocycles. The summed E-state index contributed by atoms with van der Waals surface area (Å²) in [6.45, 7) is 0. The van der Waals surface area contributed by atoms with Gasteiger partial charge in [-0.15, -0.1) is 0 Å². The van der Waals surface area contributed by atoms with Crippen molar-refractivity contribution < 1.29 is 0 Å². The maximum absolute atomic E-state index is 6.12. The number of H-pyrrole nitrogens is 1. The molecular weight excluding hydrogens is 303 g/mol. The Kier molecular flexibility index (Phi) is 5.84. The van der Waals surface area contributed by atoms with Crippen molar-refractivity contribution in [1.82, 2.24) is 9.97 Å². The van der Waals surface area contributed by atoms with E-state index < -0.39 is 0 Å². The summed E-state index contributed by atoms with van der Waals surface area (Å²) in [4.78, 5) is 7.17. The molecule has 0 amide bonds. The Morgan fingerprint density at radius 2 is 1.16 bits per heavy atom. The second-order valence-electron chi connectivity index (χ2n) is 5.60. The third-order valence-electron chi connectivity index (χ3n) is 3.86. The fraction of sp³-hybridized carbons (Fsp3) is 0.0455. The number of nitrogens with zero attached hydrogens (tertiary/aromatic N) is 1. The molecule has 0 spiro atoms. The Hall–Kier alpha value is -3.07. The summed E-state index contributed by atoms with van der Waals surface area (Å²) in [5, 5.41) is 0. The van der Waals surface area contributed by atoms with Crippen molar-refractivity contribution in [2.75, 3.05) is 0 Å². The number of hydrogen-bond acceptors (Lipinski definition) is 1. The van der Waals surface area contributed by atoms with Gasteiger partial charge in [0.05, 0.1) is 7.85 Å². The molecule has 0 aliphatic rings. The van der Waals surface area contributed by atoms with Crippen molar-refractivity contribution in [2.45, 2.75) is 5.82 Å². The molecule has 3 aromatic carbocycles. The Morgan fingerprint density at radius 1 is 0.680 bits per heavy atom. The van der Waals surface area contributed by atoms with Crippen LogP contribution in [-0.4, -0.2) is 17.8 Å². The van der Waals surface area contributed by atoms with E-state index in [4.69, 9.17) is 7.85 Å². The average Bonchev–Trinajstić information content (AvgIpc) is 3.25. The minimum absolute atomic E-state index is 0.0163. The zero-order chi connectivity index (χ0) is 17.3. The van der Waals surface area contributed by atoms with E-state index in [-0.39, 0.29) is 5.82 Å². The Bertz CT molecular complexity index is 805. The Labute approximate surface area is 150 Å². The summed E-state index contributed by atoms with van der Waals surface area (Å²) < 4.78 is 0. The van der Waals surface area contributed by atoms with Crippen LogP contribution in [-0.2, 0) is 0 Å². The highest BCUT2D eigenvalue weighted by atomic mass is 14.9. The fourth-order valence-corrected chi connectivity index (χ4v) is 2.53. The lowest BCUT2D eigenvalue weighted by Gasteiger charge is -2.12. The SMILES string of the molecule is [B]C(c1ccccc1)c1ccccc1.c1ccc(-c2ncc[nH]2)cc1. The van der Waals surface area contributed by atoms with Crippen LogP contribution in [0.25, 0.3) is 11.4 Å². The lowest BCUT2D eigenvalue weighted by atomic mass is 9.76. The number of imidazole rings is 1. The zero-order valence-corrected chi connectivity index (χ0v) is 13.9. The van der Waals surface area contributed by atoms with Gasteiger partial charge in [-0.3, -0.25) is 0 Å². The van der Waals surface area contributed by atoms with Gasteiger partial charge in [0, 0.05) is 18.0 Å². The van der Waals surface area contributed by atoms with Gasteiger partial charge < -0.3 is 4.98 Å². The smallest absolute Gasteiger partial charge is 0.137 e. The minimum atomic E-state index is -0.0163. The third-order valence-corrected chi connectivity index (χ3v) is 3.86. The van der Waals surface area contributed by atoms with Crippen molar-refractivity contribution >= 4 is 7.85 Å². The van der Waals surface area contributed by atoms with E-state index in [0.29, 0.717) is 0 Å². The van der Waals surface area contributed by atoms with E-state index in [1.165, 1.54) is 0 Å². The van der Waals surface area contributed by atoms with Crippen LogP contribution >= 0.6 is 0 Å². The van der Waals surface area contributed by atoms with Crippen molar-refractivity contribution in [2.24, 2.45) is 0 Å². The summed E-state index contributed by atoms with van der Waals surface area (Å²) in [7, 11) is 6.12. The summed E-state index contributed by atoms with van der Waals surface area (Å²) in [5.74, 6) is 0.906. The number of hydrogen-bond donors (Lipinski definition) is 1. The summed E-state index contributed by atoms with van der Waals surface area (Å²) in [5.41, 5.74) is 3.43. The molecule has 4 aromatic rings. The normalized spacial score (nSPS) is 10.1. The Balaban J connectivity index is 0.000000150. The van der Waals surface area contributed by atoms with E-state index in [1.807, 2.05) is 72.9 Å². The summed E-state index contributed by atoms with van der Waals surface area (Å²) in [6, 6.07) is 30.3. The molecular formula is C22H19BN2. The van der Waals surface area contributed by atoms with Gasteiger partial charge in [0.25, 0.3) is 0 Å². The van der Waals surface area contributed by atoms with Crippen LogP contribution in [0.3, 0.4) is 0 Å². The molecule has 0 atom stereocenters. The predicted molar refractivity (Wildman–Crippen MR) is 105 cm³/mol. The van der Waals surface area contributed by atoms with Gasteiger partial charge in [-0.2, -0.15) is 0 Å². The lowest BCUT2D eigenvalue weighted by Crippen LogP contribution is -1.99. The first-order valence-electron chi connectivity index (χ1n) is 8.25. The number of aromatic amines is 1. The highest BCUT2D eigenvalue weighted by Crippen LogP contribution is 2.20. The molecule has 25 heavy (non-hydrogen) atoms. The minimum Gasteiger partial charge on any atom is -0.345 e. The van der Waals surface area contributed by atoms with Gasteiger partial charge >= 0.3 is 0 Å². The van der Waals surface area contributed by atoms with Crippen LogP contribution in [0.15, 0.2) is 103 Å². The quantitative estimate of drug-likeness (QED) is 0.527. The highest BCUT2D eigenvalue weighted by molar-refractivity contribution is 6.14. The van der Waals surface area contributed by atoms with Crippen LogP contribution in [0, 0.1) is 0 Å². The molecule has 0 bridgehead atoms. The molecule has 2 radical (unpaired) electrons. The summed E-state index contributed by atoms with van der Waals surface area (Å²) >= 11 is 0. The highest BCUT2D eigenvalue weighted by Gasteiger charge is 2.05. The standard InChI is InChI=1S/C13H11B.C9H8N2/c14-13(11-7-3-1-4-8-11)12-9-5-2-6-10-12;1-2-4-8(5-3-1)9-10-6-7-11-9/h1-10,13H;1-7H,(H,10,11). The number of nitrogens with one attached hydrogen (secondary N) is 1. The van der Waals surface area contributed by atoms with E-state index >= 15 is 0 Å². The van der Waals surface area contributed by atoms with Gasteiger partial charge in [-0.25, -0.2) is 4.98 Å². The van der Waals surface area contributed by atoms with E-state index in [9.17, 15) is 0 Å². The van der Waals surface area contributed by atoms with Gasteiger partial charge in [-0.05, 0) is 16.9 Å². The van der Waals surface area contributed by atoms with E-state index in [1.54, 1.807) is 6.20 Å². The maximum atomic E-state index is 6.12. The second-order valence-corrected chi connectivity index (χ2v) is 5.60. The number of benzene rings is 3. The van der Waals surface area contributed by atoms with Gasteiger partial charge in [0.2, 0.25) is 0 Å².